The number of anilines is 2. The first-order valence-corrected chi connectivity index (χ1v) is 10.7. The van der Waals surface area contributed by atoms with Crippen LogP contribution in [0.5, 0.6) is 5.75 Å². The number of benzene rings is 2. The number of aromatic amines is 1. The summed E-state index contributed by atoms with van der Waals surface area (Å²) in [5.41, 5.74) is 0.874. The van der Waals surface area contributed by atoms with Crippen LogP contribution in [0, 0.1) is 17.5 Å². The molecule has 4 aromatic rings. The van der Waals surface area contributed by atoms with Gasteiger partial charge in [-0.25, -0.2) is 22.9 Å². The molecule has 5 rings (SSSR count). The molecule has 1 aliphatic rings. The van der Waals surface area contributed by atoms with Crippen molar-refractivity contribution in [3.63, 3.8) is 0 Å². The highest BCUT2D eigenvalue weighted by Gasteiger charge is 2.25. The smallest absolute Gasteiger partial charge is 0.490 e. The molecule has 3 N–H and O–H groups in total. The number of carboxylic acid groups (broad SMARTS) is 1. The number of carbonyl (C=O) groups is 1. The summed E-state index contributed by atoms with van der Waals surface area (Å²) in [6.45, 7) is 0. The molecule has 13 heteroatoms. The fourth-order valence-corrected chi connectivity index (χ4v) is 3.87. The summed E-state index contributed by atoms with van der Waals surface area (Å²) in [6.07, 6.45) is 0.879. The molecular weight excluding hydrogens is 471 g/mol. The second-order valence-electron chi connectivity index (χ2n) is 7.95. The van der Waals surface area contributed by atoms with Crippen LogP contribution in [0.3, 0.4) is 0 Å². The van der Waals surface area contributed by atoms with Crippen LogP contribution in [-0.4, -0.2) is 43.6 Å². The van der Waals surface area contributed by atoms with Crippen LogP contribution in [0.25, 0.3) is 22.7 Å². The minimum Gasteiger partial charge on any atom is -0.490 e. The number of halogens is 3. The first-order chi connectivity index (χ1) is 16.8. The molecule has 1 aliphatic carbocycles. The summed E-state index contributed by atoms with van der Waals surface area (Å²) in [4.78, 5) is 18.1. The van der Waals surface area contributed by atoms with Crippen molar-refractivity contribution in [1.82, 2.24) is 20.2 Å². The Kier molecular flexibility index (Phi) is 5.89. The van der Waals surface area contributed by atoms with E-state index in [0.29, 0.717) is 54.6 Å². The lowest BCUT2D eigenvalue weighted by atomic mass is 9.95. The van der Waals surface area contributed by atoms with Gasteiger partial charge in [0.1, 0.15) is 17.7 Å². The molecule has 1 fully saturated rings. The van der Waals surface area contributed by atoms with Crippen molar-refractivity contribution in [3.05, 3.63) is 47.8 Å². The van der Waals surface area contributed by atoms with Gasteiger partial charge in [-0.05, 0) is 37.8 Å². The number of hydrogen-bond donors (Lipinski definition) is 3. The topological polar surface area (TPSA) is 135 Å². The van der Waals surface area contributed by atoms with Gasteiger partial charge in [-0.1, -0.05) is 5.10 Å². The van der Waals surface area contributed by atoms with E-state index >= 15 is 0 Å². The Bertz CT molecular complexity index is 1380. The highest BCUT2D eigenvalue weighted by atomic mass is 19.2. The number of nitrogens with zero attached hydrogens (tertiary/aromatic N) is 3. The number of hydrogen-bond acceptors (Lipinski definition) is 8. The molecule has 0 unspecified atom stereocenters. The minimum atomic E-state index is -1.32. The molecule has 0 amide bonds. The van der Waals surface area contributed by atoms with Crippen molar-refractivity contribution in [2.45, 2.75) is 37.9 Å². The van der Waals surface area contributed by atoms with Crippen LogP contribution in [0.15, 0.2) is 34.7 Å². The van der Waals surface area contributed by atoms with Crippen molar-refractivity contribution in [3.8, 4) is 17.5 Å². The first-order valence-electron chi connectivity index (χ1n) is 10.7. The van der Waals surface area contributed by atoms with Crippen LogP contribution < -0.4 is 10.1 Å². The first kappa shape index (κ1) is 22.5. The molecule has 2 aromatic heterocycles. The zero-order valence-corrected chi connectivity index (χ0v) is 17.9. The van der Waals surface area contributed by atoms with E-state index in [1.54, 1.807) is 18.2 Å². The van der Waals surface area contributed by atoms with E-state index in [0.717, 1.165) is 0 Å². The number of rotatable bonds is 6. The Labute approximate surface area is 195 Å². The van der Waals surface area contributed by atoms with Gasteiger partial charge in [-0.2, -0.15) is 0 Å². The van der Waals surface area contributed by atoms with Gasteiger partial charge in [0.2, 0.25) is 0 Å². The van der Waals surface area contributed by atoms with E-state index in [-0.39, 0.29) is 35.6 Å². The molecule has 0 bridgehead atoms. The van der Waals surface area contributed by atoms with Gasteiger partial charge < -0.3 is 29.3 Å². The number of aromatic nitrogens is 4. The number of ether oxygens (including phenoxy) is 2. The quantitative estimate of drug-likeness (QED) is 0.248. The van der Waals surface area contributed by atoms with E-state index < -0.39 is 23.6 Å². The zero-order chi connectivity index (χ0) is 24.5. The maximum absolute atomic E-state index is 13.8. The molecular formula is C22H18F3N5O5. The Morgan fingerprint density at radius 2 is 1.77 bits per heavy atom. The second kappa shape index (κ2) is 9.16. The molecule has 0 aliphatic heterocycles. The third kappa shape index (κ3) is 4.98. The number of nitrogens with one attached hydrogen (secondary N) is 2. The molecule has 182 valence electrons. The molecule has 0 saturated heterocycles. The largest absolute Gasteiger partial charge is 0.506 e. The molecule has 10 nitrogen and oxygen atoms in total. The van der Waals surface area contributed by atoms with Crippen molar-refractivity contribution >= 4 is 28.9 Å². The van der Waals surface area contributed by atoms with Gasteiger partial charge in [0.25, 0.3) is 5.89 Å². The van der Waals surface area contributed by atoms with Gasteiger partial charge >= 0.3 is 12.2 Å². The number of H-pyrrole nitrogens is 1. The third-order valence-corrected chi connectivity index (χ3v) is 5.52. The van der Waals surface area contributed by atoms with Crippen molar-refractivity contribution in [2.24, 2.45) is 0 Å². The average Bonchev–Trinajstić information content (AvgIpc) is 3.45. The highest BCUT2D eigenvalue weighted by Crippen LogP contribution is 2.29. The van der Waals surface area contributed by atoms with E-state index in [2.05, 4.69) is 25.5 Å². The number of fused-ring (bicyclic) bond motifs is 1. The lowest BCUT2D eigenvalue weighted by Gasteiger charge is -2.28. The van der Waals surface area contributed by atoms with Gasteiger partial charge in [-0.3, -0.25) is 0 Å². The lowest BCUT2D eigenvalue weighted by molar-refractivity contribution is 0.0152. The number of imidazole rings is 1. The lowest BCUT2D eigenvalue weighted by Crippen LogP contribution is -2.29. The van der Waals surface area contributed by atoms with Gasteiger partial charge in [0.15, 0.2) is 17.5 Å². The van der Waals surface area contributed by atoms with Crippen molar-refractivity contribution in [2.75, 3.05) is 5.32 Å². The predicted molar refractivity (Wildman–Crippen MR) is 115 cm³/mol. The van der Waals surface area contributed by atoms with E-state index in [4.69, 9.17) is 19.0 Å². The van der Waals surface area contributed by atoms with Gasteiger partial charge in [-0.15, -0.1) is 5.10 Å². The minimum absolute atomic E-state index is 0.00841. The Morgan fingerprint density at radius 3 is 2.54 bits per heavy atom. The summed E-state index contributed by atoms with van der Waals surface area (Å²) in [6, 6.07) is 6.08. The molecule has 0 spiro atoms. The maximum Gasteiger partial charge on any atom is 0.506 e. The second-order valence-corrected chi connectivity index (χ2v) is 7.95. The summed E-state index contributed by atoms with van der Waals surface area (Å²) in [7, 11) is 0. The normalized spacial score (nSPS) is 17.9. The van der Waals surface area contributed by atoms with Crippen molar-refractivity contribution in [1.29, 1.82) is 0 Å². The summed E-state index contributed by atoms with van der Waals surface area (Å²) in [5, 5.41) is 18.7. The predicted octanol–water partition coefficient (Wildman–Crippen LogP) is 5.16. The van der Waals surface area contributed by atoms with E-state index in [9.17, 15) is 18.0 Å². The van der Waals surface area contributed by atoms with Crippen LogP contribution >= 0.6 is 0 Å². The highest BCUT2D eigenvalue weighted by molar-refractivity contribution is 5.79. The van der Waals surface area contributed by atoms with Crippen LogP contribution in [0.4, 0.5) is 29.7 Å². The summed E-state index contributed by atoms with van der Waals surface area (Å²) < 4.78 is 56.6. The van der Waals surface area contributed by atoms with Gasteiger partial charge in [0.05, 0.1) is 22.8 Å². The van der Waals surface area contributed by atoms with Crippen molar-refractivity contribution < 1.29 is 37.0 Å². The Hall–Kier alpha value is -4.29. The molecule has 1 saturated carbocycles. The summed E-state index contributed by atoms with van der Waals surface area (Å²) in [5.74, 6) is -2.73. The molecule has 35 heavy (non-hydrogen) atoms. The molecule has 0 atom stereocenters. The van der Waals surface area contributed by atoms with E-state index in [1.807, 2.05) is 0 Å². The van der Waals surface area contributed by atoms with Crippen LogP contribution in [-0.2, 0) is 4.74 Å². The average molecular weight is 489 g/mol. The monoisotopic (exact) mass is 489 g/mol. The fraction of sp³-hybridized carbons (Fsp3) is 0.273. The van der Waals surface area contributed by atoms with E-state index in [1.165, 1.54) is 0 Å². The SMILES string of the molecule is O=C(O)OC1CCC(Oc2ccc3nc(-c4nnc(Nc5cc(F)c(F)cc5F)o4)[nH]c3c2)CC1. The van der Waals surface area contributed by atoms with Gasteiger partial charge in [0, 0.05) is 18.2 Å². The maximum atomic E-state index is 13.8. The fourth-order valence-electron chi connectivity index (χ4n) is 3.87. The standard InChI is InChI=1S/C22H18F3N5O5/c23-13-8-15(25)17(9-14(13)24)28-21-30-29-20(35-21)19-26-16-6-5-12(7-18(16)27-19)33-10-1-3-11(4-2-10)34-22(31)32/h5-11H,1-4H2,(H,26,27)(H,28,30)(H,31,32). The summed E-state index contributed by atoms with van der Waals surface area (Å²) >= 11 is 0. The third-order valence-electron chi connectivity index (χ3n) is 5.52. The Balaban J connectivity index is 1.27. The van der Waals surface area contributed by atoms with Crippen LogP contribution in [0.1, 0.15) is 25.7 Å². The molecule has 2 aromatic carbocycles. The Morgan fingerprint density at radius 1 is 1.03 bits per heavy atom. The zero-order valence-electron chi connectivity index (χ0n) is 17.9. The van der Waals surface area contributed by atoms with Crippen LogP contribution in [0.2, 0.25) is 0 Å². The molecule has 0 radical (unpaired) electrons. The molecule has 2 heterocycles.